The zero-order valence-electron chi connectivity index (χ0n) is 10.6. The molecule has 1 heterocycles. The first-order valence-corrected chi connectivity index (χ1v) is 5.54. The Morgan fingerprint density at radius 3 is 2.21 bits per heavy atom. The number of amides is 1. The number of nitrogens with one attached hydrogen (secondary N) is 1. The minimum atomic E-state index is -0.239. The number of aromatic nitrogens is 2. The molecule has 2 aromatic rings. The summed E-state index contributed by atoms with van der Waals surface area (Å²) in [7, 11) is 3.05. The second-order valence-electron chi connectivity index (χ2n) is 3.64. The van der Waals surface area contributed by atoms with Crippen LogP contribution in [-0.4, -0.2) is 30.1 Å². The molecule has 0 saturated carbocycles. The van der Waals surface area contributed by atoms with Gasteiger partial charge in [-0.1, -0.05) is 0 Å². The maximum Gasteiger partial charge on any atom is 0.316 e. The Labute approximate surface area is 110 Å². The molecule has 0 aliphatic carbocycles. The molecule has 1 aromatic carbocycles. The van der Waals surface area contributed by atoms with Crippen LogP contribution in [0, 0.1) is 0 Å². The number of ether oxygens (including phenoxy) is 2. The van der Waals surface area contributed by atoms with E-state index < -0.39 is 0 Å². The Balaban J connectivity index is 2.06. The van der Waals surface area contributed by atoms with Crippen molar-refractivity contribution < 1.29 is 14.3 Å². The number of rotatable bonds is 4. The molecular formula is C13H13N3O3. The highest BCUT2D eigenvalue weighted by molar-refractivity contribution is 6.04. The van der Waals surface area contributed by atoms with Crippen LogP contribution in [0.4, 0.5) is 5.69 Å². The fourth-order valence-corrected chi connectivity index (χ4v) is 1.43. The number of carbonyl (C=O) groups excluding carboxylic acids is 1. The topological polar surface area (TPSA) is 73.3 Å². The van der Waals surface area contributed by atoms with E-state index in [0.717, 1.165) is 0 Å². The molecule has 0 spiro atoms. The zero-order chi connectivity index (χ0) is 13.7. The third-order valence-electron chi connectivity index (χ3n) is 2.42. The van der Waals surface area contributed by atoms with E-state index in [-0.39, 0.29) is 11.9 Å². The molecule has 0 unspecified atom stereocenters. The molecule has 1 N–H and O–H groups in total. The minimum Gasteiger partial charge on any atom is -0.497 e. The zero-order valence-corrected chi connectivity index (χ0v) is 10.6. The first-order chi connectivity index (χ1) is 9.22. The summed E-state index contributed by atoms with van der Waals surface area (Å²) < 4.78 is 9.86. The van der Waals surface area contributed by atoms with Crippen molar-refractivity contribution in [3.8, 4) is 11.8 Å². The van der Waals surface area contributed by atoms with Crippen LogP contribution in [-0.2, 0) is 0 Å². The number of benzene rings is 1. The van der Waals surface area contributed by atoms with E-state index in [1.165, 1.54) is 19.5 Å². The lowest BCUT2D eigenvalue weighted by atomic mass is 10.2. The predicted molar refractivity (Wildman–Crippen MR) is 69.5 cm³/mol. The fraction of sp³-hybridized carbons (Fsp3) is 0.154. The van der Waals surface area contributed by atoms with Gasteiger partial charge in [-0.05, 0) is 24.3 Å². The molecule has 0 saturated heterocycles. The molecule has 0 radical (unpaired) electrons. The molecule has 6 nitrogen and oxygen atoms in total. The molecule has 0 aliphatic heterocycles. The van der Waals surface area contributed by atoms with E-state index >= 15 is 0 Å². The van der Waals surface area contributed by atoms with Crippen molar-refractivity contribution in [1.29, 1.82) is 0 Å². The second kappa shape index (κ2) is 5.81. The van der Waals surface area contributed by atoms with Crippen LogP contribution >= 0.6 is 0 Å². The maximum atomic E-state index is 11.9. The fourth-order valence-electron chi connectivity index (χ4n) is 1.43. The van der Waals surface area contributed by atoms with Crippen LogP contribution in [0.25, 0.3) is 0 Å². The van der Waals surface area contributed by atoms with Crippen molar-refractivity contribution in [2.24, 2.45) is 0 Å². The summed E-state index contributed by atoms with van der Waals surface area (Å²) in [5.74, 6) is 0.459. The summed E-state index contributed by atoms with van der Waals surface area (Å²) >= 11 is 0. The predicted octanol–water partition coefficient (Wildman–Crippen LogP) is 1.75. The lowest BCUT2D eigenvalue weighted by Gasteiger charge is -2.05. The van der Waals surface area contributed by atoms with E-state index in [1.54, 1.807) is 31.4 Å². The van der Waals surface area contributed by atoms with Crippen molar-refractivity contribution in [1.82, 2.24) is 9.97 Å². The van der Waals surface area contributed by atoms with Gasteiger partial charge < -0.3 is 14.8 Å². The molecule has 2 rings (SSSR count). The van der Waals surface area contributed by atoms with Gasteiger partial charge >= 0.3 is 6.01 Å². The number of methoxy groups -OCH3 is 2. The Kier molecular flexibility index (Phi) is 3.92. The van der Waals surface area contributed by atoms with E-state index in [0.29, 0.717) is 17.0 Å². The van der Waals surface area contributed by atoms with E-state index in [1.807, 2.05) is 0 Å². The van der Waals surface area contributed by atoms with Crippen LogP contribution in [0.3, 0.4) is 0 Å². The maximum absolute atomic E-state index is 11.9. The van der Waals surface area contributed by atoms with Crippen LogP contribution in [0.1, 0.15) is 10.4 Å². The third kappa shape index (κ3) is 3.19. The lowest BCUT2D eigenvalue weighted by molar-refractivity contribution is 0.102. The minimum absolute atomic E-state index is 0.239. The molecular weight excluding hydrogens is 246 g/mol. The van der Waals surface area contributed by atoms with Gasteiger partial charge in [0.2, 0.25) is 0 Å². The summed E-state index contributed by atoms with van der Waals surface area (Å²) in [6, 6.07) is 7.05. The van der Waals surface area contributed by atoms with Crippen molar-refractivity contribution in [3.63, 3.8) is 0 Å². The van der Waals surface area contributed by atoms with Gasteiger partial charge in [0.15, 0.2) is 0 Å². The monoisotopic (exact) mass is 259 g/mol. The van der Waals surface area contributed by atoms with Crippen molar-refractivity contribution in [2.45, 2.75) is 0 Å². The number of anilines is 1. The lowest BCUT2D eigenvalue weighted by Crippen LogP contribution is -2.12. The summed E-state index contributed by atoms with van der Waals surface area (Å²) in [5, 5.41) is 2.69. The summed E-state index contributed by atoms with van der Waals surface area (Å²) in [4.78, 5) is 19.7. The molecule has 19 heavy (non-hydrogen) atoms. The Hall–Kier alpha value is -2.63. The second-order valence-corrected chi connectivity index (χ2v) is 3.64. The molecule has 6 heteroatoms. The summed E-state index contributed by atoms with van der Waals surface area (Å²) in [6.07, 6.45) is 2.96. The van der Waals surface area contributed by atoms with Crippen LogP contribution in [0.2, 0.25) is 0 Å². The number of carbonyl (C=O) groups is 1. The average molecular weight is 259 g/mol. The largest absolute Gasteiger partial charge is 0.497 e. The molecule has 1 amide bonds. The van der Waals surface area contributed by atoms with Crippen LogP contribution in [0.15, 0.2) is 36.7 Å². The Morgan fingerprint density at radius 1 is 1.05 bits per heavy atom. The SMILES string of the molecule is COc1ccc(C(=O)Nc2cnc(OC)nc2)cc1. The first kappa shape index (κ1) is 12.8. The van der Waals surface area contributed by atoms with E-state index in [4.69, 9.17) is 9.47 Å². The normalized spacial score (nSPS) is 9.79. The molecule has 0 aliphatic rings. The molecule has 98 valence electrons. The quantitative estimate of drug-likeness (QED) is 0.905. The van der Waals surface area contributed by atoms with Gasteiger partial charge in [0.05, 0.1) is 32.3 Å². The van der Waals surface area contributed by atoms with Crippen molar-refractivity contribution in [3.05, 3.63) is 42.2 Å². The molecule has 0 atom stereocenters. The van der Waals surface area contributed by atoms with Crippen LogP contribution < -0.4 is 14.8 Å². The highest BCUT2D eigenvalue weighted by Gasteiger charge is 2.07. The number of hydrogen-bond donors (Lipinski definition) is 1. The van der Waals surface area contributed by atoms with E-state index in [9.17, 15) is 4.79 Å². The van der Waals surface area contributed by atoms with Gasteiger partial charge in [-0.3, -0.25) is 4.79 Å². The smallest absolute Gasteiger partial charge is 0.316 e. The summed E-state index contributed by atoms with van der Waals surface area (Å²) in [5.41, 5.74) is 1.03. The van der Waals surface area contributed by atoms with Gasteiger partial charge in [-0.15, -0.1) is 0 Å². The van der Waals surface area contributed by atoms with Crippen molar-refractivity contribution in [2.75, 3.05) is 19.5 Å². The first-order valence-electron chi connectivity index (χ1n) is 5.54. The van der Waals surface area contributed by atoms with Gasteiger partial charge in [0.25, 0.3) is 5.91 Å². The molecule has 0 bridgehead atoms. The summed E-state index contributed by atoms with van der Waals surface area (Å²) in [6.45, 7) is 0. The van der Waals surface area contributed by atoms with Gasteiger partial charge in [-0.25, -0.2) is 9.97 Å². The Bertz CT molecular complexity index is 552. The van der Waals surface area contributed by atoms with Gasteiger partial charge in [0.1, 0.15) is 5.75 Å². The van der Waals surface area contributed by atoms with Crippen molar-refractivity contribution >= 4 is 11.6 Å². The average Bonchev–Trinajstić information content (AvgIpc) is 2.48. The van der Waals surface area contributed by atoms with Crippen LogP contribution in [0.5, 0.6) is 11.8 Å². The van der Waals surface area contributed by atoms with E-state index in [2.05, 4.69) is 15.3 Å². The number of hydrogen-bond acceptors (Lipinski definition) is 5. The highest BCUT2D eigenvalue weighted by atomic mass is 16.5. The highest BCUT2D eigenvalue weighted by Crippen LogP contribution is 2.13. The van der Waals surface area contributed by atoms with Gasteiger partial charge in [0, 0.05) is 5.56 Å². The molecule has 1 aromatic heterocycles. The standard InChI is InChI=1S/C13H13N3O3/c1-18-11-5-3-9(4-6-11)12(17)16-10-7-14-13(19-2)15-8-10/h3-8H,1-2H3,(H,16,17). The number of nitrogens with zero attached hydrogens (tertiary/aromatic N) is 2. The molecule has 0 fully saturated rings. The van der Waals surface area contributed by atoms with Gasteiger partial charge in [-0.2, -0.15) is 0 Å². The third-order valence-corrected chi connectivity index (χ3v) is 2.42. The Morgan fingerprint density at radius 2 is 1.68 bits per heavy atom.